The Balaban J connectivity index is 2.02. The number of benzene rings is 1. The van der Waals surface area contributed by atoms with Gasteiger partial charge in [-0.3, -0.25) is 4.90 Å². The molecule has 0 saturated carbocycles. The minimum Gasteiger partial charge on any atom is -0.506 e. The largest absolute Gasteiger partial charge is 0.506 e. The first-order valence-corrected chi connectivity index (χ1v) is 5.88. The van der Waals surface area contributed by atoms with Crippen LogP contribution in [0.25, 0.3) is 0 Å². The molecule has 1 aliphatic rings. The zero-order chi connectivity index (χ0) is 11.5. The van der Waals surface area contributed by atoms with Crippen LogP contribution in [-0.4, -0.2) is 34.8 Å². The highest BCUT2D eigenvalue weighted by molar-refractivity contribution is 6.32. The van der Waals surface area contributed by atoms with Crippen molar-refractivity contribution in [2.45, 2.75) is 13.0 Å². The van der Waals surface area contributed by atoms with Crippen molar-refractivity contribution in [1.82, 2.24) is 4.90 Å². The first-order valence-electron chi connectivity index (χ1n) is 5.50. The van der Waals surface area contributed by atoms with Gasteiger partial charge in [0.15, 0.2) is 0 Å². The predicted octanol–water partition coefficient (Wildman–Crippen LogP) is 1.86. The Hall–Kier alpha value is -0.770. The first-order chi connectivity index (χ1) is 7.70. The van der Waals surface area contributed by atoms with E-state index in [-0.39, 0.29) is 12.4 Å². The van der Waals surface area contributed by atoms with Crippen LogP contribution >= 0.6 is 11.6 Å². The molecule has 0 aliphatic carbocycles. The number of phenolic OH excluding ortho intramolecular Hbond substituents is 1. The Morgan fingerprint density at radius 1 is 1.44 bits per heavy atom. The summed E-state index contributed by atoms with van der Waals surface area (Å²) >= 11 is 5.85. The predicted molar refractivity (Wildman–Crippen MR) is 63.6 cm³/mol. The third kappa shape index (κ3) is 2.48. The second-order valence-corrected chi connectivity index (χ2v) is 4.73. The summed E-state index contributed by atoms with van der Waals surface area (Å²) in [5, 5.41) is 19.2. The van der Waals surface area contributed by atoms with E-state index in [2.05, 4.69) is 4.90 Å². The Bertz CT molecular complexity index is 370. The first kappa shape index (κ1) is 11.7. The van der Waals surface area contributed by atoms with E-state index in [0.717, 1.165) is 25.1 Å². The summed E-state index contributed by atoms with van der Waals surface area (Å²) < 4.78 is 0. The lowest BCUT2D eigenvalue weighted by Gasteiger charge is -2.16. The Labute approximate surface area is 100 Å². The van der Waals surface area contributed by atoms with Crippen LogP contribution in [0.15, 0.2) is 18.2 Å². The molecule has 3 nitrogen and oxygen atoms in total. The van der Waals surface area contributed by atoms with Crippen molar-refractivity contribution >= 4 is 11.6 Å². The molecule has 1 aromatic carbocycles. The summed E-state index contributed by atoms with van der Waals surface area (Å²) in [5.74, 6) is 0.554. The van der Waals surface area contributed by atoms with Crippen molar-refractivity contribution in [1.29, 1.82) is 0 Å². The fourth-order valence-electron chi connectivity index (χ4n) is 2.13. The molecule has 0 spiro atoms. The molecule has 88 valence electrons. The minimum absolute atomic E-state index is 0.177. The minimum atomic E-state index is 0.177. The summed E-state index contributed by atoms with van der Waals surface area (Å²) in [5.41, 5.74) is 0.853. The SMILES string of the molecule is OCC1CCN(Cc2cccc(Cl)c2O)C1. The van der Waals surface area contributed by atoms with Gasteiger partial charge in [-0.15, -0.1) is 0 Å². The molecule has 4 heteroatoms. The van der Waals surface area contributed by atoms with Crippen LogP contribution < -0.4 is 0 Å². The van der Waals surface area contributed by atoms with Crippen LogP contribution in [0.2, 0.25) is 5.02 Å². The molecule has 1 fully saturated rings. The highest BCUT2D eigenvalue weighted by Crippen LogP contribution is 2.29. The van der Waals surface area contributed by atoms with Crippen molar-refractivity contribution in [2.75, 3.05) is 19.7 Å². The number of nitrogens with zero attached hydrogens (tertiary/aromatic N) is 1. The van der Waals surface area contributed by atoms with E-state index in [0.29, 0.717) is 17.5 Å². The summed E-state index contributed by atoms with van der Waals surface area (Å²) in [6.45, 7) is 2.81. The van der Waals surface area contributed by atoms with E-state index < -0.39 is 0 Å². The van der Waals surface area contributed by atoms with Crippen LogP contribution in [0.3, 0.4) is 0 Å². The van der Waals surface area contributed by atoms with E-state index in [9.17, 15) is 5.11 Å². The van der Waals surface area contributed by atoms with Gasteiger partial charge in [-0.1, -0.05) is 23.7 Å². The van der Waals surface area contributed by atoms with Crippen LogP contribution in [0.1, 0.15) is 12.0 Å². The molecular weight excluding hydrogens is 226 g/mol. The lowest BCUT2D eigenvalue weighted by Crippen LogP contribution is -2.21. The maximum absolute atomic E-state index is 9.77. The third-order valence-corrected chi connectivity index (χ3v) is 3.40. The molecule has 0 radical (unpaired) electrons. The highest BCUT2D eigenvalue weighted by Gasteiger charge is 2.22. The molecule has 1 heterocycles. The van der Waals surface area contributed by atoms with Crippen LogP contribution in [0.5, 0.6) is 5.75 Å². The standard InChI is InChI=1S/C12H16ClNO2/c13-11-3-1-2-10(12(11)16)7-14-5-4-9(6-14)8-15/h1-3,9,15-16H,4-8H2. The molecule has 0 aromatic heterocycles. The lowest BCUT2D eigenvalue weighted by molar-refractivity contribution is 0.219. The van der Waals surface area contributed by atoms with Crippen molar-refractivity contribution in [3.05, 3.63) is 28.8 Å². The van der Waals surface area contributed by atoms with Crippen LogP contribution in [0, 0.1) is 5.92 Å². The third-order valence-electron chi connectivity index (χ3n) is 3.09. The Kier molecular flexibility index (Phi) is 3.69. The molecule has 1 aliphatic heterocycles. The Morgan fingerprint density at radius 2 is 2.25 bits per heavy atom. The van der Waals surface area contributed by atoms with Crippen molar-refractivity contribution in [3.63, 3.8) is 0 Å². The van der Waals surface area contributed by atoms with E-state index in [4.69, 9.17) is 16.7 Å². The van der Waals surface area contributed by atoms with Gasteiger partial charge in [0.2, 0.25) is 0 Å². The maximum Gasteiger partial charge on any atom is 0.138 e. The van der Waals surface area contributed by atoms with Crippen molar-refractivity contribution in [2.24, 2.45) is 5.92 Å². The summed E-state index contributed by atoms with van der Waals surface area (Å²) in [6.07, 6.45) is 1.03. The van der Waals surface area contributed by atoms with Gasteiger partial charge in [-0.25, -0.2) is 0 Å². The monoisotopic (exact) mass is 241 g/mol. The molecular formula is C12H16ClNO2. The smallest absolute Gasteiger partial charge is 0.138 e. The topological polar surface area (TPSA) is 43.7 Å². The second-order valence-electron chi connectivity index (χ2n) is 4.32. The highest BCUT2D eigenvalue weighted by atomic mass is 35.5. The number of hydrogen-bond donors (Lipinski definition) is 2. The summed E-state index contributed by atoms with van der Waals surface area (Å²) in [6, 6.07) is 5.41. The Morgan fingerprint density at radius 3 is 2.94 bits per heavy atom. The van der Waals surface area contributed by atoms with E-state index in [1.54, 1.807) is 6.07 Å². The molecule has 1 unspecified atom stereocenters. The number of aliphatic hydroxyl groups excluding tert-OH is 1. The van der Waals surface area contributed by atoms with Gasteiger partial charge in [-0.2, -0.15) is 0 Å². The average molecular weight is 242 g/mol. The van der Waals surface area contributed by atoms with Gasteiger partial charge >= 0.3 is 0 Å². The quantitative estimate of drug-likeness (QED) is 0.849. The molecule has 0 amide bonds. The van der Waals surface area contributed by atoms with Crippen LogP contribution in [-0.2, 0) is 6.54 Å². The molecule has 2 rings (SSSR count). The molecule has 1 saturated heterocycles. The molecule has 1 aromatic rings. The number of hydrogen-bond acceptors (Lipinski definition) is 3. The van der Waals surface area contributed by atoms with Crippen LogP contribution in [0.4, 0.5) is 0 Å². The lowest BCUT2D eigenvalue weighted by atomic mass is 10.1. The number of para-hydroxylation sites is 1. The normalized spacial score (nSPS) is 21.5. The van der Waals surface area contributed by atoms with E-state index in [1.165, 1.54) is 0 Å². The fourth-order valence-corrected chi connectivity index (χ4v) is 2.33. The molecule has 16 heavy (non-hydrogen) atoms. The van der Waals surface area contributed by atoms with Crippen molar-refractivity contribution < 1.29 is 10.2 Å². The van der Waals surface area contributed by atoms with E-state index >= 15 is 0 Å². The second kappa shape index (κ2) is 5.04. The number of aromatic hydroxyl groups is 1. The van der Waals surface area contributed by atoms with Gasteiger partial charge in [0.05, 0.1) is 5.02 Å². The molecule has 2 N–H and O–H groups in total. The van der Waals surface area contributed by atoms with E-state index in [1.807, 2.05) is 12.1 Å². The number of likely N-dealkylation sites (tertiary alicyclic amines) is 1. The number of phenols is 1. The van der Waals surface area contributed by atoms with Gasteiger partial charge < -0.3 is 10.2 Å². The van der Waals surface area contributed by atoms with Crippen molar-refractivity contribution in [3.8, 4) is 5.75 Å². The van der Waals surface area contributed by atoms with Gasteiger partial charge in [0.25, 0.3) is 0 Å². The summed E-state index contributed by atoms with van der Waals surface area (Å²) in [4.78, 5) is 2.23. The zero-order valence-corrected chi connectivity index (χ0v) is 9.82. The van der Waals surface area contributed by atoms with Gasteiger partial charge in [0, 0.05) is 25.3 Å². The molecule has 1 atom stereocenters. The maximum atomic E-state index is 9.77. The summed E-state index contributed by atoms with van der Waals surface area (Å²) in [7, 11) is 0. The molecule has 0 bridgehead atoms. The fraction of sp³-hybridized carbons (Fsp3) is 0.500. The van der Waals surface area contributed by atoms with Gasteiger partial charge in [0.1, 0.15) is 5.75 Å². The number of aliphatic hydroxyl groups is 1. The zero-order valence-electron chi connectivity index (χ0n) is 9.06. The number of halogens is 1. The average Bonchev–Trinajstić information content (AvgIpc) is 2.73. The van der Waals surface area contributed by atoms with Gasteiger partial charge in [-0.05, 0) is 24.9 Å². The number of rotatable bonds is 3.